The van der Waals surface area contributed by atoms with E-state index in [-0.39, 0.29) is 5.48 Å². The Morgan fingerprint density at radius 1 is 1.25 bits per heavy atom. The largest absolute Gasteiger partial charge is 0.412 e. The second-order valence-electron chi connectivity index (χ2n) is 0.0816. The van der Waals surface area contributed by atoms with Gasteiger partial charge in [0, 0.05) is 0 Å². The zero-order valence-corrected chi connectivity index (χ0v) is 3.59. The highest BCUT2D eigenvalue weighted by molar-refractivity contribution is 7.89. The van der Waals surface area contributed by atoms with E-state index < -0.39 is 0 Å². The molecule has 0 saturated carbocycles. The van der Waals surface area contributed by atoms with Crippen LogP contribution in [0.15, 0.2) is 0 Å². The van der Waals surface area contributed by atoms with E-state index in [1.165, 1.54) is 0 Å². The molecule has 2 nitrogen and oxygen atoms in total. The van der Waals surface area contributed by atoms with Gasteiger partial charge in [0.25, 0.3) is 0 Å². The molecule has 0 heterocycles. The summed E-state index contributed by atoms with van der Waals surface area (Å²) in [5, 5.41) is 0. The van der Waals surface area contributed by atoms with Gasteiger partial charge in [-0.3, -0.25) is 3.63 Å². The summed E-state index contributed by atoms with van der Waals surface area (Å²) in [6.45, 7) is 0. The molecule has 0 saturated heterocycles. The predicted octanol–water partition coefficient (Wildman–Crippen LogP) is -0.132. The van der Waals surface area contributed by atoms with Gasteiger partial charge < -0.3 is 5.48 Å². The summed E-state index contributed by atoms with van der Waals surface area (Å²) in [5.41, 5.74) is 0. The zero-order valence-electron chi connectivity index (χ0n) is 1.80. The zero-order chi connectivity index (χ0) is 2.71. The minimum Gasteiger partial charge on any atom is -0.412 e. The Morgan fingerprint density at radius 3 is 1.25 bits per heavy atom. The first kappa shape index (κ1) is 8.82. The summed E-state index contributed by atoms with van der Waals surface area (Å²) >= 11 is 6.31. The van der Waals surface area contributed by atoms with Crippen LogP contribution in [0.25, 0.3) is 0 Å². The molecule has 0 aliphatic rings. The molecule has 0 fully saturated rings. The van der Waals surface area contributed by atoms with Gasteiger partial charge in [-0.25, -0.2) is 0 Å². The molecule has 4 heavy (non-hydrogen) atoms. The minimum absolute atomic E-state index is 0. The first-order valence-electron chi connectivity index (χ1n) is 0.365. The maximum atomic E-state index is 3.64. The van der Waals surface area contributed by atoms with Crippen LogP contribution in [0.2, 0.25) is 0 Å². The second-order valence-corrected chi connectivity index (χ2v) is 0.735. The van der Waals surface area contributed by atoms with Crippen LogP contribution in [0.3, 0.4) is 0 Å². The van der Waals surface area contributed by atoms with Crippen LogP contribution in [0.1, 0.15) is 0 Å². The molecule has 0 aromatic rings. The van der Waals surface area contributed by atoms with Crippen LogP contribution in [-0.2, 0) is 3.63 Å². The number of rotatable bonds is 0. The van der Waals surface area contributed by atoms with Crippen LogP contribution in [-0.4, -0.2) is 5.48 Å². The molecule has 0 radical (unpaired) electrons. The predicted molar refractivity (Wildman–Crippen MR) is 22.7 cm³/mol. The monoisotopic (exact) mass is 100.0 g/mol. The van der Waals surface area contributed by atoms with E-state index in [2.05, 4.69) is 29.4 Å². The molecular formula is H4O2S2. The van der Waals surface area contributed by atoms with E-state index in [0.717, 1.165) is 0 Å². The fourth-order valence-electron chi connectivity index (χ4n) is 0. The van der Waals surface area contributed by atoms with Crippen LogP contribution < -0.4 is 0 Å². The first-order valence-corrected chi connectivity index (χ1v) is 1.10. The van der Waals surface area contributed by atoms with Crippen molar-refractivity contribution in [2.45, 2.75) is 0 Å². The third-order valence-corrected chi connectivity index (χ3v) is 0. The molecule has 0 atom stereocenters. The standard InChI is InChI=1S/H2OS2.H2O/c2-1-3;/h2-3H;1H2. The Hall–Kier alpha value is 0.620. The van der Waals surface area contributed by atoms with Gasteiger partial charge in [-0.2, -0.15) is 0 Å². The molecule has 0 aliphatic carbocycles. The lowest BCUT2D eigenvalue weighted by atomic mass is 15.9. The lowest BCUT2D eigenvalue weighted by molar-refractivity contribution is 0.791. The summed E-state index contributed by atoms with van der Waals surface area (Å²) in [6.07, 6.45) is 0. The van der Waals surface area contributed by atoms with Gasteiger partial charge in [-0.1, -0.05) is 0 Å². The van der Waals surface area contributed by atoms with E-state index in [9.17, 15) is 0 Å². The molecule has 4 heteroatoms. The van der Waals surface area contributed by atoms with Crippen molar-refractivity contribution in [3.8, 4) is 0 Å². The van der Waals surface area contributed by atoms with Gasteiger partial charge in [-0.15, -0.1) is 0 Å². The Balaban J connectivity index is 0. The number of thiol groups is 2. The molecule has 0 aromatic carbocycles. The minimum atomic E-state index is 0. The van der Waals surface area contributed by atoms with Crippen LogP contribution in [0.4, 0.5) is 0 Å². The maximum absolute atomic E-state index is 3.64. The van der Waals surface area contributed by atoms with Crippen molar-refractivity contribution in [2.24, 2.45) is 0 Å². The average Bonchev–Trinajstić information content (AvgIpc) is 0.918. The molecule has 0 amide bonds. The third-order valence-electron chi connectivity index (χ3n) is 0. The summed E-state index contributed by atoms with van der Waals surface area (Å²) < 4.78 is 3.64. The molecule has 0 aromatic heterocycles. The van der Waals surface area contributed by atoms with Gasteiger partial charge in [0.15, 0.2) is 0 Å². The fourth-order valence-corrected chi connectivity index (χ4v) is 0. The maximum Gasteiger partial charge on any atom is -0.00944 e. The van der Waals surface area contributed by atoms with Crippen molar-refractivity contribution in [3.63, 3.8) is 0 Å². The molecule has 0 unspecified atom stereocenters. The van der Waals surface area contributed by atoms with Crippen molar-refractivity contribution in [1.82, 2.24) is 0 Å². The summed E-state index contributed by atoms with van der Waals surface area (Å²) in [6, 6.07) is 0. The SMILES string of the molecule is O.SOS. The highest BCUT2D eigenvalue weighted by Crippen LogP contribution is 1.75. The lowest BCUT2D eigenvalue weighted by Gasteiger charge is -1.55. The quantitative estimate of drug-likeness (QED) is 0.323. The normalized spacial score (nSPS) is 4.50. The van der Waals surface area contributed by atoms with Crippen molar-refractivity contribution in [2.75, 3.05) is 0 Å². The summed E-state index contributed by atoms with van der Waals surface area (Å²) in [4.78, 5) is 0. The topological polar surface area (TPSA) is 40.7 Å². The van der Waals surface area contributed by atoms with Gasteiger partial charge in [0.05, 0.1) is 0 Å². The molecule has 0 spiro atoms. The van der Waals surface area contributed by atoms with E-state index in [0.29, 0.717) is 0 Å². The van der Waals surface area contributed by atoms with Gasteiger partial charge in [-0.05, 0) is 25.8 Å². The average molecular weight is 100 g/mol. The number of hydrogen-bond donors (Lipinski definition) is 2. The Bertz CT molecular complexity index is 4.00. The highest BCUT2D eigenvalue weighted by atomic mass is 32.2. The van der Waals surface area contributed by atoms with E-state index >= 15 is 0 Å². The molecule has 28 valence electrons. The Kier molecular flexibility index (Phi) is 20.9. The highest BCUT2D eigenvalue weighted by Gasteiger charge is 1.29. The summed E-state index contributed by atoms with van der Waals surface area (Å²) in [5.74, 6) is 0. The van der Waals surface area contributed by atoms with E-state index in [1.54, 1.807) is 0 Å². The van der Waals surface area contributed by atoms with Crippen molar-refractivity contribution in [3.05, 3.63) is 0 Å². The number of hydrogen-bond acceptors (Lipinski definition) is 3. The lowest BCUT2D eigenvalue weighted by Crippen LogP contribution is -1.17. The van der Waals surface area contributed by atoms with Crippen molar-refractivity contribution < 1.29 is 9.11 Å². The molecule has 0 aliphatic heterocycles. The third kappa shape index (κ3) is 17.9. The van der Waals surface area contributed by atoms with Crippen LogP contribution >= 0.6 is 25.8 Å². The van der Waals surface area contributed by atoms with Crippen LogP contribution in [0.5, 0.6) is 0 Å². The molecule has 0 bridgehead atoms. The molecular weight excluding hydrogens is 96.1 g/mol. The molecule has 0 rings (SSSR count). The van der Waals surface area contributed by atoms with Crippen molar-refractivity contribution >= 4 is 25.8 Å². The fraction of sp³-hybridized carbons (Fsp3) is 0. The molecule has 2 N–H and O–H groups in total. The Morgan fingerprint density at radius 2 is 1.25 bits per heavy atom. The summed E-state index contributed by atoms with van der Waals surface area (Å²) in [7, 11) is 0. The van der Waals surface area contributed by atoms with Gasteiger partial charge >= 0.3 is 0 Å². The second kappa shape index (κ2) is 9.47. The van der Waals surface area contributed by atoms with Gasteiger partial charge in [0.1, 0.15) is 0 Å². The smallest absolute Gasteiger partial charge is 0.00944 e. The van der Waals surface area contributed by atoms with E-state index in [1.807, 2.05) is 0 Å². The van der Waals surface area contributed by atoms with Gasteiger partial charge in [0.2, 0.25) is 0 Å². The van der Waals surface area contributed by atoms with Crippen LogP contribution in [0, 0.1) is 0 Å². The first-order chi connectivity index (χ1) is 1.41. The van der Waals surface area contributed by atoms with E-state index in [4.69, 9.17) is 0 Å². The Labute approximate surface area is 35.7 Å². The van der Waals surface area contributed by atoms with Crippen molar-refractivity contribution in [1.29, 1.82) is 0 Å².